The summed E-state index contributed by atoms with van der Waals surface area (Å²) in [6.07, 6.45) is 0. The van der Waals surface area contributed by atoms with Crippen molar-refractivity contribution in [3.05, 3.63) is 127 Å². The third kappa shape index (κ3) is 2.65. The monoisotopic (exact) mass is 522 g/mol. The maximum absolute atomic E-state index is 6.20. The average molecular weight is 522 g/mol. The minimum absolute atomic E-state index is 0.104. The van der Waals surface area contributed by atoms with Crippen LogP contribution in [0.2, 0.25) is 0 Å². The van der Waals surface area contributed by atoms with E-state index in [0.717, 1.165) is 27.6 Å². The summed E-state index contributed by atoms with van der Waals surface area (Å²) in [6.45, 7) is 2.29. The molecule has 0 bridgehead atoms. The molecular formula is C37H23BN2O. The molecular weight excluding hydrogens is 499 g/mol. The fraction of sp³-hybridized carbons (Fsp3) is 0.0270. The molecule has 7 aromatic rings. The van der Waals surface area contributed by atoms with Crippen molar-refractivity contribution in [1.29, 1.82) is 0 Å². The molecule has 3 nitrogen and oxygen atoms in total. The highest BCUT2D eigenvalue weighted by molar-refractivity contribution is 6.95. The fourth-order valence-corrected chi connectivity index (χ4v) is 7.60. The molecule has 0 atom stereocenters. The number of fused-ring (bicyclic) bond motifs is 9. The minimum atomic E-state index is 0.104. The number of para-hydroxylation sites is 2. The Morgan fingerprint density at radius 2 is 1.17 bits per heavy atom. The maximum Gasteiger partial charge on any atom is 0.333 e. The van der Waals surface area contributed by atoms with Crippen LogP contribution in [0, 0.1) is 6.92 Å². The van der Waals surface area contributed by atoms with Crippen molar-refractivity contribution in [3.8, 4) is 22.3 Å². The van der Waals surface area contributed by atoms with Gasteiger partial charge >= 0.3 is 6.85 Å². The number of anilines is 5. The Kier molecular flexibility index (Phi) is 3.95. The van der Waals surface area contributed by atoms with Crippen LogP contribution in [-0.2, 0) is 0 Å². The van der Waals surface area contributed by atoms with Crippen LogP contribution in [0.5, 0.6) is 0 Å². The third-order valence-electron chi connectivity index (χ3n) is 9.23. The number of rotatable bonds is 1. The Balaban J connectivity index is 1.34. The molecule has 4 heteroatoms. The predicted molar refractivity (Wildman–Crippen MR) is 171 cm³/mol. The Hall–Kier alpha value is -5.22. The first kappa shape index (κ1) is 21.6. The number of hydrogen-bond donors (Lipinski definition) is 0. The topological polar surface area (TPSA) is 19.6 Å². The van der Waals surface area contributed by atoms with Crippen LogP contribution in [-0.4, -0.2) is 6.85 Å². The van der Waals surface area contributed by atoms with Crippen LogP contribution in [0.15, 0.2) is 126 Å². The summed E-state index contributed by atoms with van der Waals surface area (Å²) >= 11 is 0. The standard InChI is InChI=1S/C37H23BN2O/c1-22-16-18-31-28(20-22)27-11-7-14-33-37(27)38-36-26(24-8-2-4-12-30(24)40(31)38)10-6-13-32(36)39(33)23-17-19-35-29(21-23)25-9-3-5-15-34(25)41-35/h2-21H,1H3. The van der Waals surface area contributed by atoms with E-state index in [0.29, 0.717) is 0 Å². The zero-order chi connectivity index (χ0) is 26.8. The molecule has 0 amide bonds. The summed E-state index contributed by atoms with van der Waals surface area (Å²) in [7, 11) is 0. The molecule has 0 fully saturated rings. The zero-order valence-electron chi connectivity index (χ0n) is 22.4. The molecule has 4 heterocycles. The van der Waals surface area contributed by atoms with Gasteiger partial charge in [0.15, 0.2) is 0 Å². The second-order valence-electron chi connectivity index (χ2n) is 11.4. The van der Waals surface area contributed by atoms with Gasteiger partial charge in [-0.15, -0.1) is 0 Å². The van der Waals surface area contributed by atoms with Gasteiger partial charge in [-0.2, -0.15) is 0 Å². The largest absolute Gasteiger partial charge is 0.456 e. The van der Waals surface area contributed by atoms with E-state index in [1.54, 1.807) is 0 Å². The highest BCUT2D eigenvalue weighted by atomic mass is 16.3. The molecule has 0 saturated carbocycles. The molecule has 3 aliphatic heterocycles. The van der Waals surface area contributed by atoms with E-state index in [4.69, 9.17) is 4.42 Å². The van der Waals surface area contributed by atoms with Crippen LogP contribution in [0.1, 0.15) is 5.56 Å². The summed E-state index contributed by atoms with van der Waals surface area (Å²) in [4.78, 5) is 5.06. The summed E-state index contributed by atoms with van der Waals surface area (Å²) in [6, 6.07) is 44.4. The molecule has 0 N–H and O–H groups in total. The number of benzene rings is 6. The van der Waals surface area contributed by atoms with Gasteiger partial charge in [-0.05, 0) is 83.6 Å². The van der Waals surface area contributed by atoms with Crippen LogP contribution in [0.25, 0.3) is 44.2 Å². The van der Waals surface area contributed by atoms with E-state index in [1.165, 1.54) is 61.5 Å². The average Bonchev–Trinajstić information content (AvgIpc) is 3.39. The fourth-order valence-electron chi connectivity index (χ4n) is 7.60. The smallest absolute Gasteiger partial charge is 0.333 e. The molecule has 41 heavy (non-hydrogen) atoms. The molecule has 0 unspecified atom stereocenters. The van der Waals surface area contributed by atoms with Crippen LogP contribution < -0.4 is 20.6 Å². The second kappa shape index (κ2) is 7.49. The van der Waals surface area contributed by atoms with Crippen molar-refractivity contribution in [2.24, 2.45) is 0 Å². The lowest BCUT2D eigenvalue weighted by atomic mass is 9.41. The van der Waals surface area contributed by atoms with Gasteiger partial charge in [0.2, 0.25) is 0 Å². The highest BCUT2D eigenvalue weighted by Gasteiger charge is 2.48. The third-order valence-corrected chi connectivity index (χ3v) is 9.23. The van der Waals surface area contributed by atoms with Crippen molar-refractivity contribution in [2.75, 3.05) is 9.71 Å². The van der Waals surface area contributed by atoms with Gasteiger partial charge in [0.05, 0.1) is 0 Å². The number of furan rings is 1. The Morgan fingerprint density at radius 1 is 0.512 bits per heavy atom. The summed E-state index contributed by atoms with van der Waals surface area (Å²) < 4.78 is 6.20. The normalized spacial score (nSPS) is 13.8. The molecule has 6 aromatic carbocycles. The Morgan fingerprint density at radius 3 is 2.02 bits per heavy atom. The first-order chi connectivity index (χ1) is 20.3. The van der Waals surface area contributed by atoms with E-state index in [1.807, 2.05) is 12.1 Å². The molecule has 0 aliphatic carbocycles. The van der Waals surface area contributed by atoms with Gasteiger partial charge in [0.1, 0.15) is 11.2 Å². The number of aryl methyl sites for hydroxylation is 1. The van der Waals surface area contributed by atoms with E-state index >= 15 is 0 Å². The predicted octanol–water partition coefficient (Wildman–Crippen LogP) is 8.58. The van der Waals surface area contributed by atoms with E-state index in [9.17, 15) is 0 Å². The zero-order valence-corrected chi connectivity index (χ0v) is 22.4. The molecule has 1 aromatic heterocycles. The van der Waals surface area contributed by atoms with Crippen molar-refractivity contribution in [3.63, 3.8) is 0 Å². The van der Waals surface area contributed by atoms with Gasteiger partial charge in [-0.25, -0.2) is 0 Å². The lowest BCUT2D eigenvalue weighted by Gasteiger charge is -2.49. The van der Waals surface area contributed by atoms with E-state index in [2.05, 4.69) is 126 Å². The van der Waals surface area contributed by atoms with Gasteiger partial charge in [0.25, 0.3) is 0 Å². The first-order valence-electron chi connectivity index (χ1n) is 14.2. The lowest BCUT2D eigenvalue weighted by Crippen LogP contribution is -2.63. The number of nitrogens with zero attached hydrogens (tertiary/aromatic N) is 2. The van der Waals surface area contributed by atoms with E-state index in [-0.39, 0.29) is 6.85 Å². The highest BCUT2D eigenvalue weighted by Crippen LogP contribution is 2.51. The molecule has 0 radical (unpaired) electrons. The molecule has 0 saturated heterocycles. The van der Waals surface area contributed by atoms with E-state index < -0.39 is 0 Å². The molecule has 190 valence electrons. The van der Waals surface area contributed by atoms with Gasteiger partial charge in [0, 0.05) is 50.3 Å². The van der Waals surface area contributed by atoms with Gasteiger partial charge in [-0.3, -0.25) is 0 Å². The summed E-state index contributed by atoms with van der Waals surface area (Å²) in [5.41, 5.74) is 17.2. The SMILES string of the molecule is Cc1ccc2c(c1)-c1cccc3c1B1c4c(cccc4N3c3ccc4oc5ccccc5c4c3)-c3ccccc3N12. The van der Waals surface area contributed by atoms with Crippen molar-refractivity contribution < 1.29 is 4.42 Å². The molecule has 3 aliphatic rings. The number of hydrogen-bond acceptors (Lipinski definition) is 3. The van der Waals surface area contributed by atoms with Gasteiger partial charge in [-0.1, -0.05) is 72.3 Å². The van der Waals surface area contributed by atoms with Crippen molar-refractivity contribution in [1.82, 2.24) is 0 Å². The lowest BCUT2D eigenvalue weighted by molar-refractivity contribution is 0.669. The van der Waals surface area contributed by atoms with Crippen LogP contribution in [0.4, 0.5) is 28.4 Å². The molecule has 10 rings (SSSR count). The van der Waals surface area contributed by atoms with Crippen molar-refractivity contribution >= 4 is 68.1 Å². The van der Waals surface area contributed by atoms with Crippen LogP contribution in [0.3, 0.4) is 0 Å². The Bertz CT molecular complexity index is 2260. The second-order valence-corrected chi connectivity index (χ2v) is 11.4. The van der Waals surface area contributed by atoms with Gasteiger partial charge < -0.3 is 14.1 Å². The summed E-state index contributed by atoms with van der Waals surface area (Å²) in [5.74, 6) is 0. The Labute approximate surface area is 238 Å². The van der Waals surface area contributed by atoms with Crippen molar-refractivity contribution in [2.45, 2.75) is 6.92 Å². The first-order valence-corrected chi connectivity index (χ1v) is 14.2. The molecule has 0 spiro atoms. The minimum Gasteiger partial charge on any atom is -0.456 e. The summed E-state index contributed by atoms with van der Waals surface area (Å²) in [5, 5.41) is 2.29. The quantitative estimate of drug-likeness (QED) is 0.201. The maximum atomic E-state index is 6.20. The van der Waals surface area contributed by atoms with Crippen LogP contribution >= 0.6 is 0 Å².